The van der Waals surface area contributed by atoms with Gasteiger partial charge in [-0.15, -0.1) is 0 Å². The predicted molar refractivity (Wildman–Crippen MR) is 111 cm³/mol. The van der Waals surface area contributed by atoms with Gasteiger partial charge in [0.05, 0.1) is 21.5 Å². The molecule has 28 heavy (non-hydrogen) atoms. The maximum Gasteiger partial charge on any atom is 0.269 e. The fourth-order valence-corrected chi connectivity index (χ4v) is 3.38. The van der Waals surface area contributed by atoms with Crippen molar-refractivity contribution in [2.24, 2.45) is 0 Å². The van der Waals surface area contributed by atoms with Crippen LogP contribution in [0.3, 0.4) is 0 Å². The van der Waals surface area contributed by atoms with Gasteiger partial charge in [0, 0.05) is 23.0 Å². The molecule has 1 heterocycles. The van der Waals surface area contributed by atoms with E-state index in [2.05, 4.69) is 20.9 Å². The molecule has 0 unspecified atom stereocenters. The fraction of sp³-hybridized carbons (Fsp3) is 0.0476. The molecule has 0 saturated heterocycles. The smallest absolute Gasteiger partial charge is 0.268 e. The quantitative estimate of drug-likeness (QED) is 0.345. The van der Waals surface area contributed by atoms with E-state index in [1.165, 1.54) is 12.1 Å². The second kappa shape index (κ2) is 7.36. The lowest BCUT2D eigenvalue weighted by Gasteiger charge is -2.14. The molecule has 0 atom stereocenters. The van der Waals surface area contributed by atoms with Gasteiger partial charge in [-0.05, 0) is 42.0 Å². The third kappa shape index (κ3) is 3.44. The van der Waals surface area contributed by atoms with Crippen LogP contribution in [-0.2, 0) is 6.42 Å². The maximum absolute atomic E-state index is 13.2. The Morgan fingerprint density at radius 1 is 1.00 bits per heavy atom. The Morgan fingerprint density at radius 3 is 2.50 bits per heavy atom. The molecule has 0 aliphatic heterocycles. The van der Waals surface area contributed by atoms with Crippen LogP contribution in [0.15, 0.2) is 82.1 Å². The molecule has 0 saturated carbocycles. The predicted octanol–water partition coefficient (Wildman–Crippen LogP) is 4.65. The summed E-state index contributed by atoms with van der Waals surface area (Å²) >= 11 is 3.40. The number of hydrogen-bond donors (Lipinski definition) is 0. The standard InChI is InChI=1S/C21H14BrN3O3/c22-15-8-10-16(11-9-15)24-20(13-14-4-3-5-17(12-14)25(27)28)23-19-7-2-1-6-18(19)21(24)26/h1-12H,13H2. The SMILES string of the molecule is O=c1c2ccccc2nc(Cc2cccc([N+](=O)[O-])c2)n1-c1ccc(Br)cc1. The van der Waals surface area contributed by atoms with Crippen molar-refractivity contribution in [3.8, 4) is 5.69 Å². The van der Waals surface area contributed by atoms with E-state index in [0.29, 0.717) is 28.0 Å². The molecule has 6 nitrogen and oxygen atoms in total. The highest BCUT2D eigenvalue weighted by atomic mass is 79.9. The van der Waals surface area contributed by atoms with Gasteiger partial charge in [-0.2, -0.15) is 0 Å². The van der Waals surface area contributed by atoms with Gasteiger partial charge >= 0.3 is 0 Å². The van der Waals surface area contributed by atoms with Gasteiger partial charge in [0.15, 0.2) is 0 Å². The highest BCUT2D eigenvalue weighted by molar-refractivity contribution is 9.10. The summed E-state index contributed by atoms with van der Waals surface area (Å²) in [6, 6.07) is 20.9. The summed E-state index contributed by atoms with van der Waals surface area (Å²) in [5.74, 6) is 0.520. The lowest BCUT2D eigenvalue weighted by molar-refractivity contribution is -0.384. The fourth-order valence-electron chi connectivity index (χ4n) is 3.12. The zero-order valence-electron chi connectivity index (χ0n) is 14.6. The first-order chi connectivity index (χ1) is 13.5. The molecular formula is C21H14BrN3O3. The van der Waals surface area contributed by atoms with Crippen LogP contribution in [0.25, 0.3) is 16.6 Å². The first-order valence-corrected chi connectivity index (χ1v) is 9.32. The number of para-hydroxylation sites is 1. The van der Waals surface area contributed by atoms with Crippen molar-refractivity contribution in [1.29, 1.82) is 0 Å². The number of nitrogens with zero attached hydrogens (tertiary/aromatic N) is 3. The van der Waals surface area contributed by atoms with Crippen LogP contribution < -0.4 is 5.56 Å². The number of nitro benzene ring substituents is 1. The average Bonchev–Trinajstić information content (AvgIpc) is 2.69. The minimum Gasteiger partial charge on any atom is -0.268 e. The second-order valence-corrected chi connectivity index (χ2v) is 7.18. The largest absolute Gasteiger partial charge is 0.269 e. The molecule has 0 spiro atoms. The number of non-ortho nitro benzene ring substituents is 1. The maximum atomic E-state index is 13.2. The summed E-state index contributed by atoms with van der Waals surface area (Å²) in [5.41, 5.74) is 1.83. The summed E-state index contributed by atoms with van der Waals surface area (Å²) < 4.78 is 2.46. The summed E-state index contributed by atoms with van der Waals surface area (Å²) in [6.45, 7) is 0. The number of halogens is 1. The Hall–Kier alpha value is -3.32. The minimum atomic E-state index is -0.431. The van der Waals surface area contributed by atoms with Crippen molar-refractivity contribution in [2.45, 2.75) is 6.42 Å². The first-order valence-electron chi connectivity index (χ1n) is 8.53. The molecule has 4 rings (SSSR count). The van der Waals surface area contributed by atoms with Crippen LogP contribution in [-0.4, -0.2) is 14.5 Å². The van der Waals surface area contributed by atoms with E-state index in [1.807, 2.05) is 30.3 Å². The molecule has 1 aromatic heterocycles. The zero-order chi connectivity index (χ0) is 19.7. The molecule has 0 amide bonds. The van der Waals surface area contributed by atoms with Crippen molar-refractivity contribution in [3.05, 3.63) is 109 Å². The van der Waals surface area contributed by atoms with E-state index < -0.39 is 4.92 Å². The van der Waals surface area contributed by atoms with Gasteiger partial charge in [-0.1, -0.05) is 40.2 Å². The van der Waals surface area contributed by atoms with E-state index in [1.54, 1.807) is 34.9 Å². The van der Waals surface area contributed by atoms with Crippen LogP contribution >= 0.6 is 15.9 Å². The number of nitro groups is 1. The molecule has 0 aliphatic carbocycles. The van der Waals surface area contributed by atoms with Gasteiger partial charge in [0.25, 0.3) is 11.2 Å². The van der Waals surface area contributed by atoms with Gasteiger partial charge in [0.1, 0.15) is 5.82 Å². The lowest BCUT2D eigenvalue weighted by atomic mass is 10.1. The number of hydrogen-bond acceptors (Lipinski definition) is 4. The highest BCUT2D eigenvalue weighted by Crippen LogP contribution is 2.20. The number of benzene rings is 3. The van der Waals surface area contributed by atoms with Crippen LogP contribution in [0, 0.1) is 10.1 Å². The van der Waals surface area contributed by atoms with Crippen molar-refractivity contribution in [2.75, 3.05) is 0 Å². The van der Waals surface area contributed by atoms with Gasteiger partial charge in [-0.25, -0.2) is 4.98 Å². The average molecular weight is 436 g/mol. The molecule has 138 valence electrons. The van der Waals surface area contributed by atoms with Gasteiger partial charge < -0.3 is 0 Å². The Morgan fingerprint density at radius 2 is 1.75 bits per heavy atom. The van der Waals surface area contributed by atoms with E-state index in [-0.39, 0.29) is 17.7 Å². The Balaban J connectivity index is 1.92. The van der Waals surface area contributed by atoms with E-state index in [4.69, 9.17) is 0 Å². The zero-order valence-corrected chi connectivity index (χ0v) is 16.2. The molecule has 0 aliphatic rings. The molecule has 4 aromatic rings. The normalized spacial score (nSPS) is 10.9. The van der Waals surface area contributed by atoms with Crippen LogP contribution in [0.2, 0.25) is 0 Å². The van der Waals surface area contributed by atoms with E-state index in [0.717, 1.165) is 4.47 Å². The Kier molecular flexibility index (Phi) is 4.75. The highest BCUT2D eigenvalue weighted by Gasteiger charge is 2.14. The third-order valence-electron chi connectivity index (χ3n) is 4.41. The first kappa shape index (κ1) is 18.1. The van der Waals surface area contributed by atoms with Crippen molar-refractivity contribution < 1.29 is 4.92 Å². The molecule has 7 heteroatoms. The van der Waals surface area contributed by atoms with Crippen LogP contribution in [0.1, 0.15) is 11.4 Å². The second-order valence-electron chi connectivity index (χ2n) is 6.27. The summed E-state index contributed by atoms with van der Waals surface area (Å²) in [6.07, 6.45) is 0.290. The van der Waals surface area contributed by atoms with Crippen LogP contribution in [0.5, 0.6) is 0 Å². The Bertz CT molecular complexity index is 1250. The topological polar surface area (TPSA) is 78.0 Å². The summed E-state index contributed by atoms with van der Waals surface area (Å²) in [7, 11) is 0. The van der Waals surface area contributed by atoms with Crippen molar-refractivity contribution in [1.82, 2.24) is 9.55 Å². The van der Waals surface area contributed by atoms with Crippen LogP contribution in [0.4, 0.5) is 5.69 Å². The number of aromatic nitrogens is 2. The third-order valence-corrected chi connectivity index (χ3v) is 4.94. The molecule has 3 aromatic carbocycles. The molecule has 0 bridgehead atoms. The van der Waals surface area contributed by atoms with Gasteiger partial charge in [0.2, 0.25) is 0 Å². The van der Waals surface area contributed by atoms with E-state index in [9.17, 15) is 14.9 Å². The summed E-state index contributed by atoms with van der Waals surface area (Å²) in [5, 5.41) is 11.6. The molecular weight excluding hydrogens is 422 g/mol. The lowest BCUT2D eigenvalue weighted by Crippen LogP contribution is -2.24. The summed E-state index contributed by atoms with van der Waals surface area (Å²) in [4.78, 5) is 28.5. The monoisotopic (exact) mass is 435 g/mol. The minimum absolute atomic E-state index is 0.0100. The molecule has 0 radical (unpaired) electrons. The number of rotatable bonds is 4. The number of fused-ring (bicyclic) bond motifs is 1. The van der Waals surface area contributed by atoms with Crippen molar-refractivity contribution >= 4 is 32.5 Å². The van der Waals surface area contributed by atoms with Gasteiger partial charge in [-0.3, -0.25) is 19.5 Å². The van der Waals surface area contributed by atoms with Crippen molar-refractivity contribution in [3.63, 3.8) is 0 Å². The molecule has 0 fully saturated rings. The van der Waals surface area contributed by atoms with E-state index >= 15 is 0 Å². The molecule has 0 N–H and O–H groups in total. The Labute approximate surface area is 168 Å².